The van der Waals surface area contributed by atoms with E-state index in [0.717, 1.165) is 4.47 Å². The number of hydrogen-bond acceptors (Lipinski definition) is 4. The number of halogens is 1. The number of aromatic hydroxyl groups is 1. The van der Waals surface area contributed by atoms with E-state index >= 15 is 0 Å². The molecule has 0 bridgehead atoms. The fraction of sp³-hybridized carbons (Fsp3) is 0.0714. The van der Waals surface area contributed by atoms with Gasteiger partial charge in [-0.15, -0.1) is 0 Å². The SMILES string of the molecule is Cc1cc(C(=O)Nc2ccc(Br)cc2)c(O)c([N+](=O)[O-])c1. The van der Waals surface area contributed by atoms with E-state index < -0.39 is 22.3 Å². The summed E-state index contributed by atoms with van der Waals surface area (Å²) < 4.78 is 0.856. The summed E-state index contributed by atoms with van der Waals surface area (Å²) >= 11 is 3.28. The Balaban J connectivity index is 2.35. The molecule has 2 rings (SSSR count). The zero-order valence-electron chi connectivity index (χ0n) is 11.0. The van der Waals surface area contributed by atoms with Gasteiger partial charge in [-0.3, -0.25) is 14.9 Å². The predicted octanol–water partition coefficient (Wildman–Crippen LogP) is 3.62. The van der Waals surface area contributed by atoms with Crippen LogP contribution in [0.15, 0.2) is 40.9 Å². The topological polar surface area (TPSA) is 92.5 Å². The number of benzene rings is 2. The largest absolute Gasteiger partial charge is 0.502 e. The summed E-state index contributed by atoms with van der Waals surface area (Å²) in [5.74, 6) is -1.25. The first-order chi connectivity index (χ1) is 9.88. The lowest BCUT2D eigenvalue weighted by Gasteiger charge is -2.08. The van der Waals surface area contributed by atoms with E-state index in [1.54, 1.807) is 31.2 Å². The number of phenols is 1. The standard InChI is InChI=1S/C14H11BrN2O4/c1-8-6-11(13(18)12(7-8)17(20)21)14(19)16-10-4-2-9(15)3-5-10/h2-7,18H,1H3,(H,16,19). The van der Waals surface area contributed by atoms with Crippen molar-refractivity contribution < 1.29 is 14.8 Å². The van der Waals surface area contributed by atoms with Crippen molar-refractivity contribution in [2.75, 3.05) is 5.32 Å². The van der Waals surface area contributed by atoms with Crippen molar-refractivity contribution in [2.24, 2.45) is 0 Å². The molecule has 0 saturated carbocycles. The van der Waals surface area contributed by atoms with Crippen LogP contribution in [-0.4, -0.2) is 15.9 Å². The second kappa shape index (κ2) is 5.92. The van der Waals surface area contributed by atoms with E-state index in [0.29, 0.717) is 11.3 Å². The van der Waals surface area contributed by atoms with Gasteiger partial charge in [0.1, 0.15) is 0 Å². The summed E-state index contributed by atoms with van der Waals surface area (Å²) in [4.78, 5) is 22.3. The quantitative estimate of drug-likeness (QED) is 0.652. The second-order valence-electron chi connectivity index (χ2n) is 4.40. The third-order valence-corrected chi connectivity index (χ3v) is 3.31. The van der Waals surface area contributed by atoms with E-state index in [1.807, 2.05) is 0 Å². The van der Waals surface area contributed by atoms with Gasteiger partial charge < -0.3 is 10.4 Å². The molecule has 21 heavy (non-hydrogen) atoms. The number of nitro benzene ring substituents is 1. The molecule has 0 fully saturated rings. The van der Waals surface area contributed by atoms with Gasteiger partial charge in [0.2, 0.25) is 5.75 Å². The number of nitrogens with one attached hydrogen (secondary N) is 1. The molecule has 0 aliphatic heterocycles. The first-order valence-corrected chi connectivity index (χ1v) is 6.72. The smallest absolute Gasteiger partial charge is 0.311 e. The molecule has 0 atom stereocenters. The number of anilines is 1. The summed E-state index contributed by atoms with van der Waals surface area (Å²) in [5, 5.41) is 23.3. The van der Waals surface area contributed by atoms with Crippen molar-refractivity contribution in [2.45, 2.75) is 6.92 Å². The molecule has 2 aromatic rings. The van der Waals surface area contributed by atoms with Gasteiger partial charge in [0.25, 0.3) is 5.91 Å². The van der Waals surface area contributed by atoms with Gasteiger partial charge in [0.15, 0.2) is 0 Å². The molecule has 0 radical (unpaired) electrons. The first-order valence-electron chi connectivity index (χ1n) is 5.93. The molecule has 0 saturated heterocycles. The van der Waals surface area contributed by atoms with Crippen LogP contribution in [-0.2, 0) is 0 Å². The lowest BCUT2D eigenvalue weighted by molar-refractivity contribution is -0.385. The van der Waals surface area contributed by atoms with Crippen molar-refractivity contribution in [3.05, 3.63) is 62.1 Å². The Morgan fingerprint density at radius 3 is 2.48 bits per heavy atom. The van der Waals surface area contributed by atoms with Crippen LogP contribution in [0.3, 0.4) is 0 Å². The van der Waals surface area contributed by atoms with E-state index in [2.05, 4.69) is 21.2 Å². The maximum absolute atomic E-state index is 12.1. The lowest BCUT2D eigenvalue weighted by atomic mass is 10.1. The Morgan fingerprint density at radius 1 is 1.29 bits per heavy atom. The molecule has 2 aromatic carbocycles. The Bertz CT molecular complexity index is 714. The first kappa shape index (κ1) is 15.0. The molecule has 0 heterocycles. The highest BCUT2D eigenvalue weighted by Crippen LogP contribution is 2.31. The van der Waals surface area contributed by atoms with Gasteiger partial charge >= 0.3 is 5.69 Å². The number of nitro groups is 1. The lowest BCUT2D eigenvalue weighted by Crippen LogP contribution is -2.13. The van der Waals surface area contributed by atoms with Gasteiger partial charge in [-0.2, -0.15) is 0 Å². The summed E-state index contributed by atoms with van der Waals surface area (Å²) in [6.45, 7) is 1.61. The van der Waals surface area contributed by atoms with E-state index in [-0.39, 0.29) is 5.56 Å². The monoisotopic (exact) mass is 350 g/mol. The Kier molecular flexibility index (Phi) is 4.23. The van der Waals surface area contributed by atoms with Crippen molar-refractivity contribution in [1.82, 2.24) is 0 Å². The van der Waals surface area contributed by atoms with Crippen LogP contribution < -0.4 is 5.32 Å². The minimum Gasteiger partial charge on any atom is -0.502 e. The highest BCUT2D eigenvalue weighted by Gasteiger charge is 2.22. The van der Waals surface area contributed by atoms with Gasteiger partial charge in [0.05, 0.1) is 10.5 Å². The summed E-state index contributed by atoms with van der Waals surface area (Å²) in [6.07, 6.45) is 0. The number of aryl methyl sites for hydroxylation is 1. The van der Waals surface area contributed by atoms with E-state index in [9.17, 15) is 20.0 Å². The normalized spacial score (nSPS) is 10.2. The average Bonchev–Trinajstić information content (AvgIpc) is 2.43. The fourth-order valence-corrected chi connectivity index (χ4v) is 2.07. The van der Waals surface area contributed by atoms with Crippen LogP contribution in [0.1, 0.15) is 15.9 Å². The van der Waals surface area contributed by atoms with Crippen molar-refractivity contribution in [1.29, 1.82) is 0 Å². The summed E-state index contributed by atoms with van der Waals surface area (Å²) in [7, 11) is 0. The average molecular weight is 351 g/mol. The third kappa shape index (κ3) is 3.38. The van der Waals surface area contributed by atoms with Gasteiger partial charge in [-0.1, -0.05) is 15.9 Å². The molecule has 108 valence electrons. The minimum absolute atomic E-state index is 0.135. The number of hydrogen-bond donors (Lipinski definition) is 2. The van der Waals surface area contributed by atoms with Crippen LogP contribution in [0, 0.1) is 17.0 Å². The van der Waals surface area contributed by atoms with Gasteiger partial charge in [-0.05, 0) is 42.8 Å². The number of rotatable bonds is 3. The Labute approximate surface area is 128 Å². The van der Waals surface area contributed by atoms with Crippen molar-refractivity contribution >= 4 is 33.2 Å². The van der Waals surface area contributed by atoms with Crippen LogP contribution in [0.4, 0.5) is 11.4 Å². The zero-order valence-corrected chi connectivity index (χ0v) is 12.5. The van der Waals surface area contributed by atoms with Gasteiger partial charge in [0, 0.05) is 16.2 Å². The predicted molar refractivity (Wildman–Crippen MR) is 81.6 cm³/mol. The third-order valence-electron chi connectivity index (χ3n) is 2.78. The molecular formula is C14H11BrN2O4. The summed E-state index contributed by atoms with van der Waals surface area (Å²) in [6, 6.07) is 9.44. The molecule has 0 spiro atoms. The van der Waals surface area contributed by atoms with E-state index in [1.165, 1.54) is 12.1 Å². The van der Waals surface area contributed by atoms with Crippen molar-refractivity contribution in [3.63, 3.8) is 0 Å². The molecule has 0 aliphatic carbocycles. The molecule has 1 amide bonds. The second-order valence-corrected chi connectivity index (χ2v) is 5.31. The minimum atomic E-state index is -0.723. The molecule has 7 heteroatoms. The Morgan fingerprint density at radius 2 is 1.90 bits per heavy atom. The maximum atomic E-state index is 12.1. The number of carbonyl (C=O) groups excluding carboxylic acids is 1. The van der Waals surface area contributed by atoms with Crippen LogP contribution >= 0.6 is 15.9 Å². The molecule has 6 nitrogen and oxygen atoms in total. The van der Waals surface area contributed by atoms with E-state index in [4.69, 9.17) is 0 Å². The maximum Gasteiger partial charge on any atom is 0.311 e. The zero-order chi connectivity index (χ0) is 15.6. The molecule has 0 aromatic heterocycles. The fourth-order valence-electron chi connectivity index (χ4n) is 1.80. The van der Waals surface area contributed by atoms with Gasteiger partial charge in [-0.25, -0.2) is 0 Å². The number of amides is 1. The van der Waals surface area contributed by atoms with Crippen molar-refractivity contribution in [3.8, 4) is 5.75 Å². The summed E-state index contributed by atoms with van der Waals surface area (Å²) in [5.41, 5.74) is 0.410. The number of nitrogens with zero attached hydrogens (tertiary/aromatic N) is 1. The van der Waals surface area contributed by atoms with Crippen LogP contribution in [0.2, 0.25) is 0 Å². The number of phenolic OH excluding ortho intramolecular Hbond substituents is 1. The molecule has 0 aliphatic rings. The molecule has 0 unspecified atom stereocenters. The molecular weight excluding hydrogens is 340 g/mol. The number of carbonyl (C=O) groups is 1. The van der Waals surface area contributed by atoms with Crippen LogP contribution in [0.25, 0.3) is 0 Å². The highest BCUT2D eigenvalue weighted by molar-refractivity contribution is 9.10. The molecule has 2 N–H and O–H groups in total. The van der Waals surface area contributed by atoms with Crippen LogP contribution in [0.5, 0.6) is 5.75 Å². The highest BCUT2D eigenvalue weighted by atomic mass is 79.9. The Hall–Kier alpha value is -2.41.